The molecule has 2 heterocycles. The number of carbonyl (C=O) groups excluding carboxylic acids is 6. The SMILES string of the molecule is CCC(C)[C@H](CC(=O)[C@@H](NC)C(C)C)C(=O)N(C)[C@H](CC(OC)c1nc(C(=O)N[C@@H](Cc2ccccc2)C(=O)O)cs1)C(C)C.CCC(C)[C@H](CC(=O)[C@@H](NC)C(C)C)C(=O)N(C)[C@H](CC(OC)c1nc(C(=O)N[C@H](CC(=O)O)Cc2ccccc2)cs1)C(C)C. The Labute approximate surface area is 549 Å². The van der Waals surface area contributed by atoms with Gasteiger partial charge in [-0.15, -0.1) is 22.7 Å². The van der Waals surface area contributed by atoms with Crippen LogP contribution in [0.3, 0.4) is 0 Å². The number of amides is 4. The lowest BCUT2D eigenvalue weighted by Gasteiger charge is -2.37. The summed E-state index contributed by atoms with van der Waals surface area (Å²) < 4.78 is 11.7. The normalized spacial score (nSPS) is 15.6. The van der Waals surface area contributed by atoms with Crippen LogP contribution in [0.5, 0.6) is 0 Å². The monoisotopic (exact) mass is 1300 g/mol. The van der Waals surface area contributed by atoms with Gasteiger partial charge in [-0.1, -0.05) is 157 Å². The van der Waals surface area contributed by atoms with Gasteiger partial charge < -0.3 is 50.8 Å². The molecule has 0 radical (unpaired) electrons. The number of benzene rings is 2. The molecule has 4 rings (SSSR count). The second kappa shape index (κ2) is 39.3. The number of hydrogen-bond acceptors (Lipinski definition) is 16. The highest BCUT2D eigenvalue weighted by Crippen LogP contribution is 2.34. The van der Waals surface area contributed by atoms with Crippen LogP contribution in [0.15, 0.2) is 71.4 Å². The molecule has 2 aromatic heterocycles. The molecule has 4 aromatic rings. The van der Waals surface area contributed by atoms with Crippen molar-refractivity contribution in [3.63, 3.8) is 0 Å². The first kappa shape index (κ1) is 78.9. The molecule has 4 unspecified atom stereocenters. The number of thiazole rings is 2. The quantitative estimate of drug-likeness (QED) is 0.0242. The van der Waals surface area contributed by atoms with Crippen molar-refractivity contribution in [1.82, 2.24) is 41.0 Å². The molecule has 22 heteroatoms. The molecule has 12 atom stereocenters. The molecule has 0 bridgehead atoms. The van der Waals surface area contributed by atoms with Gasteiger partial charge in [0.1, 0.15) is 39.7 Å². The van der Waals surface area contributed by atoms with Crippen LogP contribution in [-0.2, 0) is 51.1 Å². The zero-order valence-corrected chi connectivity index (χ0v) is 58.7. The van der Waals surface area contributed by atoms with Gasteiger partial charge >= 0.3 is 11.9 Å². The number of likely N-dealkylation sites (N-methyl/N-ethyl adjacent to an activating group) is 2. The molecule has 6 N–H and O–H groups in total. The summed E-state index contributed by atoms with van der Waals surface area (Å²) >= 11 is 2.55. The van der Waals surface area contributed by atoms with Crippen molar-refractivity contribution in [2.45, 2.75) is 189 Å². The van der Waals surface area contributed by atoms with Crippen LogP contribution in [-0.4, -0.2) is 156 Å². The number of ketones is 2. The van der Waals surface area contributed by atoms with E-state index < -0.39 is 59.9 Å². The third kappa shape index (κ3) is 24.3. The van der Waals surface area contributed by atoms with Crippen LogP contribution in [0, 0.1) is 47.3 Å². The van der Waals surface area contributed by atoms with Gasteiger partial charge in [0.15, 0.2) is 11.6 Å². The maximum absolute atomic E-state index is 14.0. The van der Waals surface area contributed by atoms with E-state index >= 15 is 0 Å². The molecule has 0 saturated carbocycles. The van der Waals surface area contributed by atoms with Gasteiger partial charge in [0.05, 0.1) is 18.5 Å². The lowest BCUT2D eigenvalue weighted by molar-refractivity contribution is -0.143. The largest absolute Gasteiger partial charge is 0.481 e. The predicted molar refractivity (Wildman–Crippen MR) is 359 cm³/mol. The van der Waals surface area contributed by atoms with Crippen molar-refractivity contribution in [2.24, 2.45) is 47.3 Å². The summed E-state index contributed by atoms with van der Waals surface area (Å²) in [5, 5.41) is 35.2. The zero-order valence-electron chi connectivity index (χ0n) is 57.1. The summed E-state index contributed by atoms with van der Waals surface area (Å²) in [4.78, 5) is 117. The van der Waals surface area contributed by atoms with Crippen molar-refractivity contribution < 1.29 is 58.0 Å². The van der Waals surface area contributed by atoms with Gasteiger partial charge in [0, 0.05) is 101 Å². The van der Waals surface area contributed by atoms with Crippen molar-refractivity contribution >= 4 is 69.8 Å². The average Bonchev–Trinajstić information content (AvgIpc) is 2.19. The van der Waals surface area contributed by atoms with Crippen molar-refractivity contribution in [3.05, 3.63) is 104 Å². The minimum Gasteiger partial charge on any atom is -0.481 e. The highest BCUT2D eigenvalue weighted by Gasteiger charge is 2.39. The average molecular weight is 1300 g/mol. The Balaban J connectivity index is 0.000000475. The molecule has 0 fully saturated rings. The molecular weight excluding hydrogens is 1200 g/mol. The highest BCUT2D eigenvalue weighted by molar-refractivity contribution is 7.10. The van der Waals surface area contributed by atoms with Crippen LogP contribution in [0.25, 0.3) is 0 Å². The van der Waals surface area contributed by atoms with E-state index in [4.69, 9.17) is 9.47 Å². The molecule has 2 aromatic carbocycles. The van der Waals surface area contributed by atoms with Crippen LogP contribution in [0.2, 0.25) is 0 Å². The number of rotatable bonds is 39. The molecule has 0 saturated heterocycles. The van der Waals surface area contributed by atoms with Crippen molar-refractivity contribution in [1.29, 1.82) is 0 Å². The minimum absolute atomic E-state index is 0.0242. The second-order valence-electron chi connectivity index (χ2n) is 25.4. The number of aliphatic carboxylic acids is 2. The number of nitrogens with one attached hydrogen (secondary N) is 4. The first-order chi connectivity index (χ1) is 43.0. The van der Waals surface area contributed by atoms with E-state index in [0.717, 1.165) is 24.0 Å². The van der Waals surface area contributed by atoms with E-state index in [0.29, 0.717) is 29.3 Å². The Morgan fingerprint density at radius 2 is 0.912 bits per heavy atom. The number of carbonyl (C=O) groups is 8. The van der Waals surface area contributed by atoms with E-state index in [1.165, 1.54) is 22.7 Å². The third-order valence-electron chi connectivity index (χ3n) is 17.5. The Hall–Kier alpha value is -6.30. The predicted octanol–water partition coefficient (Wildman–Crippen LogP) is 10.4. The number of hydrogen-bond donors (Lipinski definition) is 6. The Morgan fingerprint density at radius 1 is 0.538 bits per heavy atom. The summed E-state index contributed by atoms with van der Waals surface area (Å²) in [6.07, 6.45) is 2.11. The van der Waals surface area contributed by atoms with Crippen LogP contribution in [0.4, 0.5) is 0 Å². The molecular formula is C69H106N8O12S2. The fraction of sp³-hybridized carbons (Fsp3) is 0.623. The molecule has 91 heavy (non-hydrogen) atoms. The van der Waals surface area contributed by atoms with Gasteiger partial charge in [-0.2, -0.15) is 0 Å². The number of nitrogens with zero attached hydrogens (tertiary/aromatic N) is 4. The summed E-state index contributed by atoms with van der Waals surface area (Å²) in [5.74, 6) is -3.65. The maximum atomic E-state index is 14.0. The number of carboxylic acid groups (broad SMARTS) is 2. The molecule has 0 aliphatic carbocycles. The molecule has 4 amide bonds. The highest BCUT2D eigenvalue weighted by atomic mass is 32.1. The van der Waals surface area contributed by atoms with Crippen molar-refractivity contribution in [3.8, 4) is 0 Å². The van der Waals surface area contributed by atoms with E-state index in [-0.39, 0.29) is 120 Å². The van der Waals surface area contributed by atoms with Gasteiger partial charge in [-0.25, -0.2) is 14.8 Å². The van der Waals surface area contributed by atoms with Crippen LogP contribution < -0.4 is 21.3 Å². The molecule has 0 aliphatic rings. The molecule has 0 spiro atoms. The van der Waals surface area contributed by atoms with Crippen LogP contribution in [0.1, 0.15) is 182 Å². The summed E-state index contributed by atoms with van der Waals surface area (Å²) in [6.45, 7) is 24.3. The molecule has 506 valence electrons. The summed E-state index contributed by atoms with van der Waals surface area (Å²) in [5.41, 5.74) is 2.02. The zero-order chi connectivity index (χ0) is 68.4. The number of Topliss-reactive ketones (excluding diaryl/α,β-unsaturated/α-hetero) is 2. The Kier molecular flexibility index (Phi) is 34.1. The lowest BCUT2D eigenvalue weighted by Crippen LogP contribution is -2.47. The van der Waals surface area contributed by atoms with E-state index in [1.807, 2.05) is 130 Å². The van der Waals surface area contributed by atoms with E-state index in [9.17, 15) is 48.6 Å². The summed E-state index contributed by atoms with van der Waals surface area (Å²) in [7, 11) is 10.3. The Bertz CT molecular complexity index is 2900. The molecule has 0 aliphatic heterocycles. The van der Waals surface area contributed by atoms with E-state index in [1.54, 1.807) is 63.0 Å². The van der Waals surface area contributed by atoms with Gasteiger partial charge in [0.2, 0.25) is 11.8 Å². The molecule has 20 nitrogen and oxygen atoms in total. The van der Waals surface area contributed by atoms with Crippen LogP contribution >= 0.6 is 22.7 Å². The fourth-order valence-electron chi connectivity index (χ4n) is 11.6. The van der Waals surface area contributed by atoms with Gasteiger partial charge in [-0.05, 0) is 67.2 Å². The Morgan fingerprint density at radius 3 is 1.23 bits per heavy atom. The van der Waals surface area contributed by atoms with Crippen molar-refractivity contribution in [2.75, 3.05) is 42.4 Å². The number of methoxy groups -OCH3 is 2. The standard InChI is InChI=1S/C35H54N4O6S.C34H52N4O6S/c1-10-23(6)26(18-29(40)32(36-7)22(4)5)35(44)39(8)28(21(2)3)19-30(45-9)34-38-27(20-46-34)33(43)37-25(17-31(41)42)16-24-14-12-11-13-15-24;1-10-22(6)24(17-28(39)30(35-7)21(4)5)33(41)38(8)27(20(2)3)18-29(44-9)32-37-26(19-45-32)31(40)36-25(34(42)43)16-23-14-12-11-13-15-23/h11-15,20-23,25-26,28,30,32,36H,10,16-19H2,1-9H3,(H,37,43)(H,41,42);11-15,19-22,24-25,27,29-30,35H,10,16-18H2,1-9H3,(H,36,40)(H,42,43)/t23?,25-,26-,28+,30?,32-;22?,24-,25-,27+,29?,30-/m00/s1. The van der Waals surface area contributed by atoms with E-state index in [2.05, 4.69) is 45.1 Å². The first-order valence-electron chi connectivity index (χ1n) is 32.0. The maximum Gasteiger partial charge on any atom is 0.326 e. The topological polar surface area (TPSA) is 276 Å². The third-order valence-corrected chi connectivity index (χ3v) is 19.4. The fourth-order valence-corrected chi connectivity index (χ4v) is 13.4. The number of ether oxygens (including phenoxy) is 2. The second-order valence-corrected chi connectivity index (χ2v) is 27.2. The smallest absolute Gasteiger partial charge is 0.326 e. The van der Waals surface area contributed by atoms with Gasteiger partial charge in [-0.3, -0.25) is 33.6 Å². The summed E-state index contributed by atoms with van der Waals surface area (Å²) in [6, 6.07) is 15.8. The minimum atomic E-state index is -1.13. The lowest BCUT2D eigenvalue weighted by atomic mass is 9.82. The number of carboxylic acids is 2. The first-order valence-corrected chi connectivity index (χ1v) is 33.8. The van der Waals surface area contributed by atoms with Gasteiger partial charge in [0.25, 0.3) is 11.8 Å². The number of aromatic nitrogens is 2.